The molecular formula is C16H19N3O. The fraction of sp³-hybridized carbons (Fsp3) is 0.500. The van der Waals surface area contributed by atoms with Gasteiger partial charge in [0.1, 0.15) is 0 Å². The Hall–Kier alpha value is -1.86. The van der Waals surface area contributed by atoms with Gasteiger partial charge < -0.3 is 10.2 Å². The molecule has 0 radical (unpaired) electrons. The van der Waals surface area contributed by atoms with Gasteiger partial charge in [0.25, 0.3) is 5.91 Å². The number of hydrogen-bond donors (Lipinski definition) is 1. The van der Waals surface area contributed by atoms with E-state index in [0.717, 1.165) is 12.8 Å². The summed E-state index contributed by atoms with van der Waals surface area (Å²) >= 11 is 0. The number of nitriles is 1. The van der Waals surface area contributed by atoms with Crippen LogP contribution in [0.1, 0.15) is 41.6 Å². The van der Waals surface area contributed by atoms with E-state index in [9.17, 15) is 4.79 Å². The summed E-state index contributed by atoms with van der Waals surface area (Å²) in [5.41, 5.74) is 1.25. The van der Waals surface area contributed by atoms with Crippen molar-refractivity contribution in [2.75, 3.05) is 7.05 Å². The number of carbonyl (C=O) groups excluding carboxylic acids is 1. The van der Waals surface area contributed by atoms with Crippen molar-refractivity contribution in [2.24, 2.45) is 0 Å². The molecule has 2 unspecified atom stereocenters. The Bertz CT molecular complexity index is 534. The summed E-state index contributed by atoms with van der Waals surface area (Å²) in [4.78, 5) is 14.4. The lowest BCUT2D eigenvalue weighted by molar-refractivity contribution is 0.0681. The first-order valence-corrected chi connectivity index (χ1v) is 7.20. The number of hydrogen-bond acceptors (Lipinski definition) is 3. The van der Waals surface area contributed by atoms with Gasteiger partial charge in [0.05, 0.1) is 11.6 Å². The Morgan fingerprint density at radius 2 is 1.85 bits per heavy atom. The van der Waals surface area contributed by atoms with E-state index in [1.165, 1.54) is 12.8 Å². The van der Waals surface area contributed by atoms with Crippen LogP contribution in [-0.4, -0.2) is 36.0 Å². The van der Waals surface area contributed by atoms with Gasteiger partial charge in [-0.1, -0.05) is 0 Å². The van der Waals surface area contributed by atoms with Crippen LogP contribution in [0.4, 0.5) is 0 Å². The number of rotatable bonds is 2. The summed E-state index contributed by atoms with van der Waals surface area (Å²) < 4.78 is 0. The van der Waals surface area contributed by atoms with E-state index >= 15 is 0 Å². The largest absolute Gasteiger partial charge is 0.339 e. The molecule has 1 amide bonds. The third kappa shape index (κ3) is 2.41. The number of nitrogens with one attached hydrogen (secondary N) is 1. The van der Waals surface area contributed by atoms with Crippen LogP contribution in [0.15, 0.2) is 24.3 Å². The van der Waals surface area contributed by atoms with Gasteiger partial charge in [0, 0.05) is 30.7 Å². The number of carbonyl (C=O) groups is 1. The van der Waals surface area contributed by atoms with Crippen LogP contribution >= 0.6 is 0 Å². The average Bonchev–Trinajstić information content (AvgIpc) is 2.84. The van der Waals surface area contributed by atoms with Crippen molar-refractivity contribution in [1.82, 2.24) is 10.2 Å². The summed E-state index contributed by atoms with van der Waals surface area (Å²) in [7, 11) is 1.90. The van der Waals surface area contributed by atoms with Gasteiger partial charge in [0.2, 0.25) is 0 Å². The topological polar surface area (TPSA) is 56.1 Å². The normalized spacial score (nSPS) is 27.9. The number of piperidine rings is 1. The lowest BCUT2D eigenvalue weighted by Crippen LogP contribution is -2.48. The van der Waals surface area contributed by atoms with E-state index in [1.807, 2.05) is 11.9 Å². The number of nitrogens with zero attached hydrogens (tertiary/aromatic N) is 2. The molecule has 1 aromatic rings. The summed E-state index contributed by atoms with van der Waals surface area (Å²) in [6.45, 7) is 0. The molecule has 4 heteroatoms. The molecule has 0 saturated carbocycles. The molecule has 20 heavy (non-hydrogen) atoms. The first-order chi connectivity index (χ1) is 9.67. The summed E-state index contributed by atoms with van der Waals surface area (Å²) in [6.07, 6.45) is 4.57. The molecule has 1 aromatic carbocycles. The van der Waals surface area contributed by atoms with Crippen molar-refractivity contribution in [3.05, 3.63) is 35.4 Å². The molecule has 2 aliphatic heterocycles. The zero-order valence-corrected chi connectivity index (χ0v) is 11.7. The molecule has 3 rings (SSSR count). The Morgan fingerprint density at radius 3 is 2.40 bits per heavy atom. The highest BCUT2D eigenvalue weighted by molar-refractivity contribution is 5.94. The Kier molecular flexibility index (Phi) is 3.45. The van der Waals surface area contributed by atoms with Crippen molar-refractivity contribution in [2.45, 2.75) is 43.8 Å². The van der Waals surface area contributed by atoms with Gasteiger partial charge >= 0.3 is 0 Å². The average molecular weight is 269 g/mol. The standard InChI is InChI=1S/C16H19N3O/c1-19(15-8-13-6-7-14(9-15)18-13)16(20)12-4-2-11(10-17)3-5-12/h2-5,13-15,18H,6-9H2,1H3. The van der Waals surface area contributed by atoms with Gasteiger partial charge in [-0.3, -0.25) is 4.79 Å². The summed E-state index contributed by atoms with van der Waals surface area (Å²) in [6, 6.07) is 10.4. The van der Waals surface area contributed by atoms with Crippen LogP contribution in [0.2, 0.25) is 0 Å². The number of benzene rings is 1. The minimum absolute atomic E-state index is 0.0563. The third-order valence-corrected chi connectivity index (χ3v) is 4.58. The molecule has 104 valence electrons. The van der Waals surface area contributed by atoms with Gasteiger partial charge in [-0.2, -0.15) is 5.26 Å². The van der Waals surface area contributed by atoms with E-state index < -0.39 is 0 Å². The molecule has 1 N–H and O–H groups in total. The van der Waals surface area contributed by atoms with E-state index in [0.29, 0.717) is 29.3 Å². The fourth-order valence-corrected chi connectivity index (χ4v) is 3.40. The second kappa shape index (κ2) is 5.26. The van der Waals surface area contributed by atoms with Gasteiger partial charge in [0.15, 0.2) is 0 Å². The third-order valence-electron chi connectivity index (χ3n) is 4.58. The maximum Gasteiger partial charge on any atom is 0.253 e. The second-order valence-corrected chi connectivity index (χ2v) is 5.87. The Morgan fingerprint density at radius 1 is 1.25 bits per heavy atom. The van der Waals surface area contributed by atoms with E-state index in [1.54, 1.807) is 24.3 Å². The first-order valence-electron chi connectivity index (χ1n) is 7.20. The van der Waals surface area contributed by atoms with E-state index in [-0.39, 0.29) is 5.91 Å². The van der Waals surface area contributed by atoms with Crippen molar-refractivity contribution in [3.8, 4) is 6.07 Å². The highest BCUT2D eigenvalue weighted by Gasteiger charge is 2.36. The van der Waals surface area contributed by atoms with Crippen LogP contribution in [0, 0.1) is 11.3 Å². The molecule has 2 aliphatic rings. The molecule has 2 atom stereocenters. The number of fused-ring (bicyclic) bond motifs is 2. The van der Waals surface area contributed by atoms with Crippen molar-refractivity contribution >= 4 is 5.91 Å². The predicted molar refractivity (Wildman–Crippen MR) is 76.2 cm³/mol. The van der Waals surface area contributed by atoms with Crippen LogP contribution in [0.3, 0.4) is 0 Å². The van der Waals surface area contributed by atoms with Gasteiger partial charge in [-0.15, -0.1) is 0 Å². The highest BCUT2D eigenvalue weighted by Crippen LogP contribution is 2.29. The maximum atomic E-state index is 12.5. The summed E-state index contributed by atoms with van der Waals surface area (Å²) in [5.74, 6) is 0.0563. The highest BCUT2D eigenvalue weighted by atomic mass is 16.2. The maximum absolute atomic E-state index is 12.5. The Balaban J connectivity index is 1.71. The Labute approximate surface area is 119 Å². The molecule has 0 aromatic heterocycles. The fourth-order valence-electron chi connectivity index (χ4n) is 3.40. The molecule has 2 fully saturated rings. The minimum Gasteiger partial charge on any atom is -0.339 e. The zero-order valence-electron chi connectivity index (χ0n) is 11.7. The van der Waals surface area contributed by atoms with Crippen molar-refractivity contribution in [3.63, 3.8) is 0 Å². The summed E-state index contributed by atoms with van der Waals surface area (Å²) in [5, 5.41) is 12.4. The minimum atomic E-state index is 0.0563. The van der Waals surface area contributed by atoms with Crippen LogP contribution in [0.25, 0.3) is 0 Å². The van der Waals surface area contributed by atoms with Gasteiger partial charge in [-0.05, 0) is 49.9 Å². The van der Waals surface area contributed by atoms with Crippen LogP contribution < -0.4 is 5.32 Å². The van der Waals surface area contributed by atoms with Crippen molar-refractivity contribution < 1.29 is 4.79 Å². The van der Waals surface area contributed by atoms with E-state index in [2.05, 4.69) is 11.4 Å². The zero-order chi connectivity index (χ0) is 14.1. The first kappa shape index (κ1) is 13.1. The molecule has 2 bridgehead atoms. The molecule has 2 heterocycles. The monoisotopic (exact) mass is 269 g/mol. The predicted octanol–water partition coefficient (Wildman–Crippen LogP) is 1.91. The van der Waals surface area contributed by atoms with Crippen molar-refractivity contribution in [1.29, 1.82) is 5.26 Å². The second-order valence-electron chi connectivity index (χ2n) is 5.87. The smallest absolute Gasteiger partial charge is 0.253 e. The molecule has 0 aliphatic carbocycles. The number of amides is 1. The molecule has 0 spiro atoms. The van der Waals surface area contributed by atoms with Crippen LogP contribution in [0.5, 0.6) is 0 Å². The lowest BCUT2D eigenvalue weighted by Gasteiger charge is -2.35. The lowest BCUT2D eigenvalue weighted by atomic mass is 9.98. The van der Waals surface area contributed by atoms with E-state index in [4.69, 9.17) is 5.26 Å². The van der Waals surface area contributed by atoms with Gasteiger partial charge in [-0.25, -0.2) is 0 Å². The van der Waals surface area contributed by atoms with Crippen LogP contribution in [-0.2, 0) is 0 Å². The SMILES string of the molecule is CN(C(=O)c1ccc(C#N)cc1)C1CC2CCC(C1)N2. The molecule has 4 nitrogen and oxygen atoms in total. The quantitative estimate of drug-likeness (QED) is 0.892. The molecule has 2 saturated heterocycles. The molecular weight excluding hydrogens is 250 g/mol.